The third kappa shape index (κ3) is 10.2. The van der Waals surface area contributed by atoms with Crippen molar-refractivity contribution in [2.24, 2.45) is 11.1 Å². The van der Waals surface area contributed by atoms with Gasteiger partial charge in [-0.05, 0) is 5.92 Å². The van der Waals surface area contributed by atoms with Crippen LogP contribution in [0.15, 0.2) is 0 Å². The molecule has 0 aromatic carbocycles. The van der Waals surface area contributed by atoms with Gasteiger partial charge in [-0.3, -0.25) is 0 Å². The Hall–Kier alpha value is -0.340. The van der Waals surface area contributed by atoms with Crippen molar-refractivity contribution in [3.63, 3.8) is 0 Å². The summed E-state index contributed by atoms with van der Waals surface area (Å²) in [6, 6.07) is 0. The number of alkyl halides is 3. The molecule has 0 saturated carbocycles. The van der Waals surface area contributed by atoms with E-state index in [1.807, 2.05) is 0 Å². The Balaban J connectivity index is 3.81. The average molecular weight is 263 g/mol. The molecule has 98 valence electrons. The molecule has 0 heterocycles. The molecule has 0 aromatic heterocycles. The van der Waals surface area contributed by atoms with Gasteiger partial charge in [-0.25, -0.2) is 13.6 Å². The standard InChI is InChI=1S/C8H16F3NO3S/c1-2-7(6-16(12,13)14)5-15-4-3-8(9,10)11/h7H,2-6H2,1H3,(H2,12,13,14). The molecule has 2 N–H and O–H groups in total. The van der Waals surface area contributed by atoms with E-state index in [1.165, 1.54) is 0 Å². The van der Waals surface area contributed by atoms with E-state index in [9.17, 15) is 21.6 Å². The third-order valence-corrected chi connectivity index (χ3v) is 2.86. The van der Waals surface area contributed by atoms with Gasteiger partial charge in [0, 0.05) is 0 Å². The first-order chi connectivity index (χ1) is 7.14. The van der Waals surface area contributed by atoms with E-state index in [2.05, 4.69) is 0 Å². The lowest BCUT2D eigenvalue weighted by molar-refractivity contribution is -0.145. The van der Waals surface area contributed by atoms with Gasteiger partial charge in [-0.15, -0.1) is 0 Å². The van der Waals surface area contributed by atoms with Crippen LogP contribution in [0.25, 0.3) is 0 Å². The minimum Gasteiger partial charge on any atom is -0.381 e. The van der Waals surface area contributed by atoms with Crippen molar-refractivity contribution in [1.29, 1.82) is 0 Å². The van der Waals surface area contributed by atoms with E-state index in [0.717, 1.165) is 0 Å². The molecule has 16 heavy (non-hydrogen) atoms. The molecule has 0 fully saturated rings. The summed E-state index contributed by atoms with van der Waals surface area (Å²) in [4.78, 5) is 0. The topological polar surface area (TPSA) is 69.4 Å². The molecule has 0 radical (unpaired) electrons. The number of hydrogen-bond acceptors (Lipinski definition) is 3. The number of ether oxygens (including phenoxy) is 1. The summed E-state index contributed by atoms with van der Waals surface area (Å²) in [6.45, 7) is 1.25. The highest BCUT2D eigenvalue weighted by Gasteiger charge is 2.26. The van der Waals surface area contributed by atoms with E-state index in [1.54, 1.807) is 6.92 Å². The molecule has 4 nitrogen and oxygen atoms in total. The van der Waals surface area contributed by atoms with Crippen molar-refractivity contribution < 1.29 is 26.3 Å². The number of halogens is 3. The Bertz CT molecular complexity index is 289. The largest absolute Gasteiger partial charge is 0.391 e. The zero-order chi connectivity index (χ0) is 12.8. The van der Waals surface area contributed by atoms with E-state index >= 15 is 0 Å². The Morgan fingerprint density at radius 3 is 2.31 bits per heavy atom. The average Bonchev–Trinajstić information content (AvgIpc) is 2.06. The zero-order valence-electron chi connectivity index (χ0n) is 8.96. The molecular weight excluding hydrogens is 247 g/mol. The minimum absolute atomic E-state index is 0.0248. The number of sulfonamides is 1. The number of primary sulfonamides is 1. The molecule has 0 aliphatic rings. The quantitative estimate of drug-likeness (QED) is 0.703. The highest BCUT2D eigenvalue weighted by molar-refractivity contribution is 7.89. The maximum absolute atomic E-state index is 11.7. The summed E-state index contributed by atoms with van der Waals surface area (Å²) in [6.07, 6.45) is -4.79. The normalized spacial score (nSPS) is 15.1. The highest BCUT2D eigenvalue weighted by Crippen LogP contribution is 2.19. The van der Waals surface area contributed by atoms with Crippen LogP contribution in [0, 0.1) is 5.92 Å². The van der Waals surface area contributed by atoms with Crippen LogP contribution >= 0.6 is 0 Å². The fourth-order valence-corrected chi connectivity index (χ4v) is 2.04. The molecule has 0 bridgehead atoms. The van der Waals surface area contributed by atoms with E-state index in [4.69, 9.17) is 9.88 Å². The van der Waals surface area contributed by atoms with Gasteiger partial charge in [-0.1, -0.05) is 13.3 Å². The summed E-state index contributed by atoms with van der Waals surface area (Å²) < 4.78 is 61.4. The summed E-state index contributed by atoms with van der Waals surface area (Å²) in [5, 5.41) is 4.82. The van der Waals surface area contributed by atoms with Crippen molar-refractivity contribution in [2.75, 3.05) is 19.0 Å². The lowest BCUT2D eigenvalue weighted by Crippen LogP contribution is -2.26. The first kappa shape index (κ1) is 15.7. The van der Waals surface area contributed by atoms with Crippen LogP contribution in [0.1, 0.15) is 19.8 Å². The molecule has 0 amide bonds. The van der Waals surface area contributed by atoms with Gasteiger partial charge in [0.1, 0.15) is 0 Å². The fraction of sp³-hybridized carbons (Fsp3) is 1.00. The van der Waals surface area contributed by atoms with Crippen LogP contribution in [0.2, 0.25) is 0 Å². The molecule has 1 unspecified atom stereocenters. The molecule has 0 saturated heterocycles. The maximum atomic E-state index is 11.7. The van der Waals surface area contributed by atoms with Gasteiger partial charge in [0.15, 0.2) is 0 Å². The molecule has 8 heteroatoms. The van der Waals surface area contributed by atoms with E-state index in [0.29, 0.717) is 6.42 Å². The molecular formula is C8H16F3NO3S. The van der Waals surface area contributed by atoms with Crippen molar-refractivity contribution in [3.05, 3.63) is 0 Å². The van der Waals surface area contributed by atoms with Crippen molar-refractivity contribution >= 4 is 10.0 Å². The van der Waals surface area contributed by atoms with Gasteiger partial charge in [0.2, 0.25) is 10.0 Å². The van der Waals surface area contributed by atoms with Crippen molar-refractivity contribution in [2.45, 2.75) is 25.9 Å². The van der Waals surface area contributed by atoms with Crippen LogP contribution in [0.3, 0.4) is 0 Å². The Morgan fingerprint density at radius 2 is 1.94 bits per heavy atom. The molecule has 0 spiro atoms. The summed E-state index contributed by atoms with van der Waals surface area (Å²) in [7, 11) is -3.60. The van der Waals surface area contributed by atoms with Gasteiger partial charge in [0.25, 0.3) is 0 Å². The number of nitrogens with two attached hydrogens (primary N) is 1. The molecule has 1 atom stereocenters. The van der Waals surface area contributed by atoms with Gasteiger partial charge >= 0.3 is 6.18 Å². The highest BCUT2D eigenvalue weighted by atomic mass is 32.2. The van der Waals surface area contributed by atoms with Crippen LogP contribution in [0.4, 0.5) is 13.2 Å². The summed E-state index contributed by atoms with van der Waals surface area (Å²) in [5.74, 6) is -0.626. The van der Waals surface area contributed by atoms with Crippen LogP contribution in [-0.4, -0.2) is 33.6 Å². The Morgan fingerprint density at radius 1 is 1.38 bits per heavy atom. The number of hydrogen-bond donors (Lipinski definition) is 1. The van der Waals surface area contributed by atoms with E-state index in [-0.39, 0.29) is 18.3 Å². The second kappa shape index (κ2) is 6.41. The Kier molecular flexibility index (Phi) is 6.27. The first-order valence-corrected chi connectivity index (χ1v) is 6.50. The van der Waals surface area contributed by atoms with E-state index < -0.39 is 29.2 Å². The Labute approximate surface area is 93.0 Å². The summed E-state index contributed by atoms with van der Waals surface area (Å²) >= 11 is 0. The lowest BCUT2D eigenvalue weighted by atomic mass is 10.1. The predicted octanol–water partition coefficient (Wildman–Crippen LogP) is 1.27. The lowest BCUT2D eigenvalue weighted by Gasteiger charge is -2.14. The van der Waals surface area contributed by atoms with Gasteiger partial charge in [0.05, 0.1) is 25.4 Å². The van der Waals surface area contributed by atoms with Gasteiger partial charge < -0.3 is 4.74 Å². The predicted molar refractivity (Wildman–Crippen MR) is 53.2 cm³/mol. The molecule has 0 rings (SSSR count). The monoisotopic (exact) mass is 263 g/mol. The summed E-state index contributed by atoms with van der Waals surface area (Å²) in [5.41, 5.74) is 0. The maximum Gasteiger partial charge on any atom is 0.391 e. The van der Waals surface area contributed by atoms with Crippen LogP contribution in [0.5, 0.6) is 0 Å². The molecule has 0 aromatic rings. The first-order valence-electron chi connectivity index (χ1n) is 4.79. The van der Waals surface area contributed by atoms with Crippen molar-refractivity contribution in [1.82, 2.24) is 0 Å². The smallest absolute Gasteiger partial charge is 0.381 e. The van der Waals surface area contributed by atoms with Crippen molar-refractivity contribution in [3.8, 4) is 0 Å². The van der Waals surface area contributed by atoms with Crippen LogP contribution < -0.4 is 5.14 Å². The molecule has 0 aliphatic carbocycles. The minimum atomic E-state index is -4.25. The van der Waals surface area contributed by atoms with Gasteiger partial charge in [-0.2, -0.15) is 13.2 Å². The second-order valence-electron chi connectivity index (χ2n) is 3.54. The zero-order valence-corrected chi connectivity index (χ0v) is 9.77. The second-order valence-corrected chi connectivity index (χ2v) is 5.20. The van der Waals surface area contributed by atoms with Crippen LogP contribution in [-0.2, 0) is 14.8 Å². The SMILES string of the molecule is CCC(COCCC(F)(F)F)CS(N)(=O)=O. The number of rotatable bonds is 7. The third-order valence-electron chi connectivity index (χ3n) is 1.93. The molecule has 0 aliphatic heterocycles. The fourth-order valence-electron chi connectivity index (χ4n) is 1.05.